The van der Waals surface area contributed by atoms with Gasteiger partial charge in [0.2, 0.25) is 0 Å². The molecule has 0 amide bonds. The molecule has 20 heavy (non-hydrogen) atoms. The largest absolute Gasteiger partial charge is 0.465 e. The average molecular weight is 281 g/mol. The lowest BCUT2D eigenvalue weighted by molar-refractivity contribution is -0.144. The number of anilines is 1. The van der Waals surface area contributed by atoms with Gasteiger partial charge in [0.1, 0.15) is 0 Å². The van der Waals surface area contributed by atoms with Crippen LogP contribution in [0.4, 0.5) is 5.95 Å². The highest BCUT2D eigenvalue weighted by Crippen LogP contribution is 2.25. The number of rotatable bonds is 5. The molecule has 2 aliphatic rings. The summed E-state index contributed by atoms with van der Waals surface area (Å²) in [7, 11) is 0. The number of nitrogens with one attached hydrogen (secondary N) is 2. The molecule has 2 fully saturated rings. The molecule has 2 atom stereocenters. The molecule has 0 radical (unpaired) electrons. The summed E-state index contributed by atoms with van der Waals surface area (Å²) >= 11 is 0. The number of ether oxygens (including phenoxy) is 1. The van der Waals surface area contributed by atoms with Crippen molar-refractivity contribution in [3.63, 3.8) is 0 Å². The third-order valence-electron chi connectivity index (χ3n) is 3.68. The summed E-state index contributed by atoms with van der Waals surface area (Å²) in [5.74, 6) is 1.44. The first kappa shape index (κ1) is 13.3. The maximum atomic E-state index is 11.3. The van der Waals surface area contributed by atoms with E-state index in [1.807, 2.05) is 0 Å². The van der Waals surface area contributed by atoms with Gasteiger partial charge in [-0.3, -0.25) is 5.43 Å². The van der Waals surface area contributed by atoms with Crippen LogP contribution in [-0.2, 0) is 16.1 Å². The number of esters is 1. The van der Waals surface area contributed by atoms with Gasteiger partial charge in [-0.2, -0.15) is 4.80 Å². The second-order valence-electron chi connectivity index (χ2n) is 5.14. The van der Waals surface area contributed by atoms with Crippen LogP contribution in [0.15, 0.2) is 0 Å². The van der Waals surface area contributed by atoms with E-state index in [4.69, 9.17) is 4.74 Å². The van der Waals surface area contributed by atoms with Gasteiger partial charge in [-0.15, -0.1) is 5.10 Å². The first-order valence-corrected chi connectivity index (χ1v) is 6.90. The van der Waals surface area contributed by atoms with Crippen LogP contribution >= 0.6 is 0 Å². The molecule has 1 aromatic heterocycles. The Morgan fingerprint density at radius 3 is 2.90 bits per heavy atom. The van der Waals surface area contributed by atoms with Gasteiger partial charge in [0.05, 0.1) is 6.61 Å². The second kappa shape index (κ2) is 5.71. The molecule has 0 aromatic carbocycles. The van der Waals surface area contributed by atoms with Crippen molar-refractivity contribution in [3.8, 4) is 0 Å². The zero-order chi connectivity index (χ0) is 13.9. The van der Waals surface area contributed by atoms with E-state index in [0.717, 1.165) is 26.2 Å². The highest BCUT2D eigenvalue weighted by atomic mass is 16.5. The Balaban J connectivity index is 1.51. The lowest BCUT2D eigenvalue weighted by atomic mass is 10.0. The van der Waals surface area contributed by atoms with Crippen LogP contribution in [-0.4, -0.2) is 64.0 Å². The molecule has 2 saturated heterocycles. The summed E-state index contributed by atoms with van der Waals surface area (Å²) in [5, 5.41) is 17.3. The number of tetrazole rings is 1. The molecule has 3 rings (SSSR count). The predicted octanol–water partition coefficient (Wildman–Crippen LogP) is -1.29. The molecule has 0 bridgehead atoms. The number of carbonyl (C=O) groups is 1. The Bertz CT molecular complexity index is 465. The highest BCUT2D eigenvalue weighted by molar-refractivity contribution is 5.68. The molecular weight excluding hydrogens is 262 g/mol. The third-order valence-corrected chi connectivity index (χ3v) is 3.68. The van der Waals surface area contributed by atoms with E-state index in [0.29, 0.717) is 24.4 Å². The van der Waals surface area contributed by atoms with Gasteiger partial charge in [-0.1, -0.05) is 5.10 Å². The zero-order valence-corrected chi connectivity index (χ0v) is 11.4. The monoisotopic (exact) mass is 281 g/mol. The Morgan fingerprint density at radius 1 is 1.45 bits per heavy atom. The van der Waals surface area contributed by atoms with Crippen LogP contribution in [0, 0.1) is 11.8 Å². The summed E-state index contributed by atoms with van der Waals surface area (Å²) in [4.78, 5) is 12.5. The van der Waals surface area contributed by atoms with Gasteiger partial charge in [-0.05, 0) is 37.1 Å². The molecule has 0 aliphatic carbocycles. The normalized spacial score (nSPS) is 25.6. The van der Waals surface area contributed by atoms with E-state index in [1.165, 1.54) is 4.80 Å². The molecule has 2 unspecified atom stereocenters. The van der Waals surface area contributed by atoms with E-state index in [1.54, 1.807) is 6.92 Å². The van der Waals surface area contributed by atoms with E-state index >= 15 is 0 Å². The number of carbonyl (C=O) groups excluding carboxylic acids is 1. The van der Waals surface area contributed by atoms with Gasteiger partial charge >= 0.3 is 5.97 Å². The van der Waals surface area contributed by atoms with Gasteiger partial charge < -0.3 is 10.1 Å². The molecule has 9 heteroatoms. The molecule has 1 aromatic rings. The van der Waals surface area contributed by atoms with Crippen LogP contribution < -0.4 is 10.7 Å². The summed E-state index contributed by atoms with van der Waals surface area (Å²) in [5.41, 5.74) is 3.14. The molecular formula is C11H19N7O2. The topological polar surface area (TPSA) is 97.2 Å². The smallest absolute Gasteiger partial charge is 0.329 e. The SMILES string of the molecule is CCOC(=O)Cn1nnc(NN2CC3CNCC3C2)n1. The van der Waals surface area contributed by atoms with Gasteiger partial charge in [0.15, 0.2) is 6.54 Å². The van der Waals surface area contributed by atoms with E-state index in [-0.39, 0.29) is 12.5 Å². The number of hydrogen-bond acceptors (Lipinski definition) is 8. The Morgan fingerprint density at radius 2 is 2.20 bits per heavy atom. The van der Waals surface area contributed by atoms with Crippen molar-refractivity contribution in [1.29, 1.82) is 0 Å². The summed E-state index contributed by atoms with van der Waals surface area (Å²) in [6.07, 6.45) is 0. The maximum absolute atomic E-state index is 11.3. The molecule has 9 nitrogen and oxygen atoms in total. The molecule has 0 spiro atoms. The molecule has 110 valence electrons. The van der Waals surface area contributed by atoms with Crippen molar-refractivity contribution in [3.05, 3.63) is 0 Å². The standard InChI is InChI=1S/C11H19N7O2/c1-2-20-10(19)7-18-15-11(13-16-18)14-17-5-8-3-12-4-9(8)6-17/h8-9,12H,2-7H2,1H3,(H,14,15). The van der Waals surface area contributed by atoms with Gasteiger partial charge in [0, 0.05) is 13.1 Å². The number of hydrogen-bond donors (Lipinski definition) is 2. The highest BCUT2D eigenvalue weighted by Gasteiger charge is 2.36. The molecule has 2 aliphatic heterocycles. The van der Waals surface area contributed by atoms with Crippen LogP contribution in [0.5, 0.6) is 0 Å². The predicted molar refractivity (Wildman–Crippen MR) is 69.5 cm³/mol. The quantitative estimate of drug-likeness (QED) is 0.644. The zero-order valence-electron chi connectivity index (χ0n) is 11.4. The van der Waals surface area contributed by atoms with Gasteiger partial charge in [0.25, 0.3) is 5.95 Å². The Hall–Kier alpha value is -1.74. The number of aromatic nitrogens is 4. The number of nitrogens with zero attached hydrogens (tertiary/aromatic N) is 5. The fourth-order valence-electron chi connectivity index (χ4n) is 2.77. The second-order valence-corrected chi connectivity index (χ2v) is 5.14. The summed E-state index contributed by atoms with van der Waals surface area (Å²) < 4.78 is 4.83. The fourth-order valence-corrected chi connectivity index (χ4v) is 2.77. The molecule has 0 saturated carbocycles. The minimum Gasteiger partial charge on any atom is -0.465 e. The fraction of sp³-hybridized carbons (Fsp3) is 0.818. The lowest BCUT2D eigenvalue weighted by Crippen LogP contribution is -2.31. The number of fused-ring (bicyclic) bond motifs is 1. The van der Waals surface area contributed by atoms with Crippen molar-refractivity contribution in [2.45, 2.75) is 13.5 Å². The Kier molecular flexibility index (Phi) is 3.79. The molecule has 2 N–H and O–H groups in total. The average Bonchev–Trinajstić information content (AvgIpc) is 3.06. The van der Waals surface area contributed by atoms with E-state index in [9.17, 15) is 4.79 Å². The summed E-state index contributed by atoms with van der Waals surface area (Å²) in [6.45, 7) is 6.20. The third kappa shape index (κ3) is 2.88. The van der Waals surface area contributed by atoms with Crippen molar-refractivity contribution in [2.75, 3.05) is 38.2 Å². The van der Waals surface area contributed by atoms with Crippen LogP contribution in [0.1, 0.15) is 6.92 Å². The first-order valence-electron chi connectivity index (χ1n) is 6.90. The van der Waals surface area contributed by atoms with Crippen molar-refractivity contribution in [2.24, 2.45) is 11.8 Å². The van der Waals surface area contributed by atoms with Crippen LogP contribution in [0.25, 0.3) is 0 Å². The first-order chi connectivity index (χ1) is 9.74. The summed E-state index contributed by atoms with van der Waals surface area (Å²) in [6, 6.07) is 0. The molecule has 3 heterocycles. The van der Waals surface area contributed by atoms with Crippen LogP contribution in [0.2, 0.25) is 0 Å². The van der Waals surface area contributed by atoms with E-state index in [2.05, 4.69) is 31.2 Å². The maximum Gasteiger partial charge on any atom is 0.329 e. The van der Waals surface area contributed by atoms with Crippen molar-refractivity contribution >= 4 is 11.9 Å². The minimum absolute atomic E-state index is 0.0162. The van der Waals surface area contributed by atoms with Gasteiger partial charge in [-0.25, -0.2) is 9.80 Å². The lowest BCUT2D eigenvalue weighted by Gasteiger charge is -2.16. The van der Waals surface area contributed by atoms with Crippen molar-refractivity contribution < 1.29 is 9.53 Å². The van der Waals surface area contributed by atoms with E-state index < -0.39 is 0 Å². The Labute approximate surface area is 116 Å². The van der Waals surface area contributed by atoms with Crippen LogP contribution in [0.3, 0.4) is 0 Å². The number of hydrazine groups is 1. The minimum atomic E-state index is -0.363. The van der Waals surface area contributed by atoms with Crippen molar-refractivity contribution in [1.82, 2.24) is 30.5 Å².